The molecule has 1 saturated carbocycles. The van der Waals surface area contributed by atoms with E-state index in [-0.39, 0.29) is 0 Å². The Bertz CT molecular complexity index is 267. The van der Waals surface area contributed by atoms with Crippen molar-refractivity contribution in [3.05, 3.63) is 0 Å². The van der Waals surface area contributed by atoms with Crippen molar-refractivity contribution in [3.63, 3.8) is 0 Å². The number of aliphatic hydroxyl groups is 1. The highest BCUT2D eigenvalue weighted by Crippen LogP contribution is 2.38. The Hall–Kier alpha value is -0.120. The Kier molecular flexibility index (Phi) is 4.68. The maximum absolute atomic E-state index is 9.30. The second kappa shape index (κ2) is 5.89. The molecule has 106 valence electrons. The van der Waals surface area contributed by atoms with Crippen molar-refractivity contribution in [3.8, 4) is 0 Å². The quantitative estimate of drug-likeness (QED) is 0.808. The lowest BCUT2D eigenvalue weighted by Gasteiger charge is -2.42. The molecule has 0 radical (unpaired) electrons. The van der Waals surface area contributed by atoms with Gasteiger partial charge in [-0.25, -0.2) is 0 Å². The van der Waals surface area contributed by atoms with E-state index in [1.807, 2.05) is 0 Å². The Morgan fingerprint density at radius 1 is 1.33 bits per heavy atom. The van der Waals surface area contributed by atoms with Crippen LogP contribution in [0.4, 0.5) is 0 Å². The molecule has 2 rings (SSSR count). The highest BCUT2D eigenvalue weighted by Gasteiger charge is 2.34. The van der Waals surface area contributed by atoms with Gasteiger partial charge in [-0.1, -0.05) is 13.8 Å². The smallest absolute Gasteiger partial charge is 0.0471 e. The molecule has 3 N–H and O–H groups in total. The summed E-state index contributed by atoms with van der Waals surface area (Å²) in [5.74, 6) is 1.14. The fourth-order valence-electron chi connectivity index (χ4n) is 3.75. The predicted octanol–water partition coefficient (Wildman–Crippen LogP) is 1.84. The molecule has 0 aromatic rings. The number of hydrogen-bond acceptors (Lipinski definition) is 3. The van der Waals surface area contributed by atoms with Crippen LogP contribution >= 0.6 is 0 Å². The number of nitrogens with two attached hydrogens (primary N) is 1. The monoisotopic (exact) mass is 254 g/mol. The van der Waals surface area contributed by atoms with Crippen LogP contribution in [0.15, 0.2) is 0 Å². The first kappa shape index (κ1) is 14.3. The van der Waals surface area contributed by atoms with Crippen LogP contribution in [0.3, 0.4) is 0 Å². The van der Waals surface area contributed by atoms with E-state index in [1.165, 1.54) is 38.6 Å². The third-order valence-corrected chi connectivity index (χ3v) is 4.93. The first-order valence-electron chi connectivity index (χ1n) is 7.59. The summed E-state index contributed by atoms with van der Waals surface area (Å²) in [5, 5.41) is 9.30. The van der Waals surface area contributed by atoms with Crippen LogP contribution in [-0.2, 0) is 0 Å². The summed E-state index contributed by atoms with van der Waals surface area (Å²) in [7, 11) is 0. The van der Waals surface area contributed by atoms with Crippen molar-refractivity contribution in [1.29, 1.82) is 0 Å². The molecule has 0 spiro atoms. The van der Waals surface area contributed by atoms with Gasteiger partial charge in [0, 0.05) is 25.7 Å². The van der Waals surface area contributed by atoms with Gasteiger partial charge < -0.3 is 15.7 Å². The van der Waals surface area contributed by atoms with Gasteiger partial charge in [-0.15, -0.1) is 0 Å². The first-order valence-corrected chi connectivity index (χ1v) is 7.59. The van der Waals surface area contributed by atoms with Gasteiger partial charge in [0.1, 0.15) is 0 Å². The summed E-state index contributed by atoms with van der Waals surface area (Å²) >= 11 is 0. The average Bonchev–Trinajstić information content (AvgIpc) is 2.34. The lowest BCUT2D eigenvalue weighted by atomic mass is 9.70. The maximum atomic E-state index is 9.30. The molecule has 2 aliphatic rings. The summed E-state index contributed by atoms with van der Waals surface area (Å²) in [6.45, 7) is 8.50. The molecule has 0 aromatic carbocycles. The summed E-state index contributed by atoms with van der Waals surface area (Å²) in [4.78, 5) is 2.54. The third kappa shape index (κ3) is 3.69. The molecule has 1 aliphatic heterocycles. The Balaban J connectivity index is 1.87. The summed E-state index contributed by atoms with van der Waals surface area (Å²) < 4.78 is 0. The van der Waals surface area contributed by atoms with Crippen molar-refractivity contribution in [2.24, 2.45) is 23.0 Å². The van der Waals surface area contributed by atoms with E-state index in [0.29, 0.717) is 29.9 Å². The lowest BCUT2D eigenvalue weighted by molar-refractivity contribution is 0.0739. The van der Waals surface area contributed by atoms with E-state index in [0.717, 1.165) is 13.1 Å². The van der Waals surface area contributed by atoms with Crippen molar-refractivity contribution in [2.45, 2.75) is 52.0 Å². The van der Waals surface area contributed by atoms with Gasteiger partial charge in [0.05, 0.1) is 0 Å². The number of likely N-dealkylation sites (tertiary alicyclic amines) is 1. The molecule has 2 fully saturated rings. The summed E-state index contributed by atoms with van der Waals surface area (Å²) in [6.07, 6.45) is 6.12. The van der Waals surface area contributed by atoms with Crippen molar-refractivity contribution in [1.82, 2.24) is 4.90 Å². The van der Waals surface area contributed by atoms with E-state index in [2.05, 4.69) is 18.7 Å². The van der Waals surface area contributed by atoms with Crippen LogP contribution in [0, 0.1) is 17.3 Å². The van der Waals surface area contributed by atoms with Crippen LogP contribution in [-0.4, -0.2) is 42.3 Å². The molecule has 1 heterocycles. The van der Waals surface area contributed by atoms with Gasteiger partial charge in [-0.2, -0.15) is 0 Å². The van der Waals surface area contributed by atoms with Crippen molar-refractivity contribution < 1.29 is 5.11 Å². The summed E-state index contributed by atoms with van der Waals surface area (Å²) in [6, 6.07) is 0.382. The fourth-order valence-corrected chi connectivity index (χ4v) is 3.75. The van der Waals surface area contributed by atoms with Gasteiger partial charge in [0.25, 0.3) is 0 Å². The predicted molar refractivity (Wildman–Crippen MR) is 75.3 cm³/mol. The van der Waals surface area contributed by atoms with Crippen molar-refractivity contribution >= 4 is 0 Å². The lowest BCUT2D eigenvalue weighted by Crippen LogP contribution is -2.47. The minimum absolute atomic E-state index is 0.346. The average molecular weight is 254 g/mol. The zero-order valence-corrected chi connectivity index (χ0v) is 12.1. The highest BCUT2D eigenvalue weighted by molar-refractivity contribution is 4.89. The summed E-state index contributed by atoms with van der Waals surface area (Å²) in [5.41, 5.74) is 6.77. The topological polar surface area (TPSA) is 49.5 Å². The zero-order valence-electron chi connectivity index (χ0n) is 12.1. The largest absolute Gasteiger partial charge is 0.396 e. The normalized spacial score (nSPS) is 37.7. The molecule has 18 heavy (non-hydrogen) atoms. The zero-order chi connectivity index (χ0) is 13.2. The first-order chi connectivity index (χ1) is 8.50. The van der Waals surface area contributed by atoms with E-state index < -0.39 is 0 Å². The van der Waals surface area contributed by atoms with Gasteiger partial charge in [0.2, 0.25) is 0 Å². The van der Waals surface area contributed by atoms with Crippen LogP contribution < -0.4 is 5.73 Å². The molecule has 1 saturated heterocycles. The standard InChI is InChI=1S/C15H30N2O/c1-15(2)6-5-14(16)13(8-15)10-17-7-3-4-12(9-17)11-18/h12-14,18H,3-11,16H2,1-2H3. The second-order valence-corrected chi connectivity index (χ2v) is 7.28. The number of aliphatic hydroxyl groups excluding tert-OH is 1. The number of nitrogens with zero attached hydrogens (tertiary/aromatic N) is 1. The second-order valence-electron chi connectivity index (χ2n) is 7.28. The third-order valence-electron chi connectivity index (χ3n) is 4.93. The van der Waals surface area contributed by atoms with Crippen molar-refractivity contribution in [2.75, 3.05) is 26.2 Å². The number of rotatable bonds is 3. The molecule has 3 atom stereocenters. The van der Waals surface area contributed by atoms with Gasteiger partial charge in [-0.05, 0) is 55.9 Å². The molecule has 0 aromatic heterocycles. The van der Waals surface area contributed by atoms with Crippen LogP contribution in [0.1, 0.15) is 46.0 Å². The van der Waals surface area contributed by atoms with E-state index in [4.69, 9.17) is 5.73 Å². The highest BCUT2D eigenvalue weighted by atomic mass is 16.3. The van der Waals surface area contributed by atoms with Gasteiger partial charge in [0.15, 0.2) is 0 Å². The minimum Gasteiger partial charge on any atom is -0.396 e. The van der Waals surface area contributed by atoms with Crippen LogP contribution in [0.2, 0.25) is 0 Å². The maximum Gasteiger partial charge on any atom is 0.0471 e. The Labute approximate surface area is 112 Å². The molecular weight excluding hydrogens is 224 g/mol. The number of hydrogen-bond donors (Lipinski definition) is 2. The van der Waals surface area contributed by atoms with E-state index in [1.54, 1.807) is 0 Å². The van der Waals surface area contributed by atoms with Crippen LogP contribution in [0.25, 0.3) is 0 Å². The Morgan fingerprint density at radius 3 is 2.83 bits per heavy atom. The molecule has 0 bridgehead atoms. The molecule has 3 nitrogen and oxygen atoms in total. The van der Waals surface area contributed by atoms with E-state index >= 15 is 0 Å². The molecule has 0 amide bonds. The van der Waals surface area contributed by atoms with E-state index in [9.17, 15) is 5.11 Å². The van der Waals surface area contributed by atoms with Gasteiger partial charge >= 0.3 is 0 Å². The molecule has 3 heteroatoms. The SMILES string of the molecule is CC1(C)CCC(N)C(CN2CCCC(CO)C2)C1. The number of piperidine rings is 1. The van der Waals surface area contributed by atoms with Crippen LogP contribution in [0.5, 0.6) is 0 Å². The molecule has 1 aliphatic carbocycles. The van der Waals surface area contributed by atoms with Gasteiger partial charge in [-0.3, -0.25) is 0 Å². The molecular formula is C15H30N2O. The fraction of sp³-hybridized carbons (Fsp3) is 1.00. The molecule has 3 unspecified atom stereocenters. The minimum atomic E-state index is 0.346. The Morgan fingerprint density at radius 2 is 2.11 bits per heavy atom.